The van der Waals surface area contributed by atoms with Crippen LogP contribution in [0.3, 0.4) is 0 Å². The molecule has 0 spiro atoms. The van der Waals surface area contributed by atoms with Gasteiger partial charge in [-0.15, -0.1) is 0 Å². The Kier molecular flexibility index (Phi) is 3.64. The maximum atomic E-state index is 9.37. The quantitative estimate of drug-likeness (QED) is 0.843. The number of nitriles is 2. The van der Waals surface area contributed by atoms with Gasteiger partial charge in [-0.3, -0.25) is 0 Å². The molecular weight excluding hydrogens is 284 g/mol. The molecule has 0 saturated heterocycles. The Labute approximate surface area is 128 Å². The first-order valence-electron chi connectivity index (χ1n) is 6.93. The summed E-state index contributed by atoms with van der Waals surface area (Å²) in [6.45, 7) is 0. The van der Waals surface area contributed by atoms with Gasteiger partial charge < -0.3 is 0 Å². The van der Waals surface area contributed by atoms with Crippen molar-refractivity contribution in [3.8, 4) is 17.8 Å². The molecule has 1 aliphatic carbocycles. The van der Waals surface area contributed by atoms with Crippen LogP contribution in [0.25, 0.3) is 5.69 Å². The van der Waals surface area contributed by atoms with Crippen molar-refractivity contribution in [3.05, 3.63) is 46.2 Å². The molecule has 1 heterocycles. The molecule has 3 rings (SSSR count). The zero-order valence-corrected chi connectivity index (χ0v) is 12.1. The molecule has 1 fully saturated rings. The van der Waals surface area contributed by atoms with Crippen molar-refractivity contribution in [2.24, 2.45) is 0 Å². The minimum Gasteiger partial charge on any atom is -0.221 e. The van der Waals surface area contributed by atoms with E-state index >= 15 is 0 Å². The van der Waals surface area contributed by atoms with E-state index in [-0.39, 0.29) is 0 Å². The molecule has 21 heavy (non-hydrogen) atoms. The van der Waals surface area contributed by atoms with Crippen LogP contribution < -0.4 is 0 Å². The highest BCUT2D eigenvalue weighted by atomic mass is 35.5. The number of nitrogens with zero attached hydrogens (tertiary/aromatic N) is 4. The second-order valence-corrected chi connectivity index (χ2v) is 5.57. The Hall–Kier alpha value is -2.30. The van der Waals surface area contributed by atoms with E-state index in [9.17, 15) is 5.26 Å². The Morgan fingerprint density at radius 1 is 1.10 bits per heavy atom. The zero-order chi connectivity index (χ0) is 14.8. The average molecular weight is 297 g/mol. The van der Waals surface area contributed by atoms with E-state index in [1.807, 2.05) is 0 Å². The second-order valence-electron chi connectivity index (χ2n) is 5.21. The number of aromatic nitrogens is 2. The van der Waals surface area contributed by atoms with Crippen molar-refractivity contribution in [2.75, 3.05) is 0 Å². The number of benzene rings is 1. The maximum Gasteiger partial charge on any atom is 0.150 e. The summed E-state index contributed by atoms with van der Waals surface area (Å²) in [7, 11) is 0. The molecule has 0 unspecified atom stereocenters. The normalized spacial score (nSPS) is 14.8. The largest absolute Gasteiger partial charge is 0.221 e. The van der Waals surface area contributed by atoms with Gasteiger partial charge in [-0.1, -0.05) is 24.4 Å². The van der Waals surface area contributed by atoms with Crippen LogP contribution in [0.1, 0.15) is 48.4 Å². The summed E-state index contributed by atoms with van der Waals surface area (Å²) in [5.41, 5.74) is 2.63. The molecule has 0 bridgehead atoms. The van der Waals surface area contributed by atoms with Gasteiger partial charge in [-0.05, 0) is 37.1 Å². The lowest BCUT2D eigenvalue weighted by Gasteiger charge is -2.05. The summed E-state index contributed by atoms with van der Waals surface area (Å²) in [4.78, 5) is 0. The van der Waals surface area contributed by atoms with Crippen LogP contribution in [-0.2, 0) is 0 Å². The Morgan fingerprint density at radius 3 is 2.33 bits per heavy atom. The van der Waals surface area contributed by atoms with Gasteiger partial charge in [0.05, 0.1) is 23.0 Å². The molecule has 0 radical (unpaired) electrons. The summed E-state index contributed by atoms with van der Waals surface area (Å²) in [5.74, 6) is 0.330. The molecule has 4 nitrogen and oxygen atoms in total. The second kappa shape index (κ2) is 5.60. The third-order valence-corrected chi connectivity index (χ3v) is 4.30. The fourth-order valence-corrected chi connectivity index (χ4v) is 3.12. The van der Waals surface area contributed by atoms with E-state index < -0.39 is 0 Å². The standard InChI is InChI=1S/C16H13ClN4/c17-16-14(10-19)15(12-3-1-2-4-12)20-21(16)13-7-5-11(9-18)6-8-13/h5-8,12H,1-4H2. The summed E-state index contributed by atoms with van der Waals surface area (Å²) in [6, 6.07) is 11.3. The summed E-state index contributed by atoms with van der Waals surface area (Å²) < 4.78 is 1.59. The molecule has 0 amide bonds. The molecular formula is C16H13ClN4. The van der Waals surface area contributed by atoms with Gasteiger partial charge in [0.1, 0.15) is 11.6 Å². The van der Waals surface area contributed by atoms with Crippen LogP contribution in [0.2, 0.25) is 5.15 Å². The van der Waals surface area contributed by atoms with Gasteiger partial charge in [0, 0.05) is 5.92 Å². The summed E-state index contributed by atoms with van der Waals surface area (Å²) in [6.07, 6.45) is 4.48. The van der Waals surface area contributed by atoms with Crippen molar-refractivity contribution in [1.29, 1.82) is 10.5 Å². The van der Waals surface area contributed by atoms with E-state index in [2.05, 4.69) is 17.2 Å². The average Bonchev–Trinajstić information content (AvgIpc) is 3.15. The molecule has 104 valence electrons. The molecule has 5 heteroatoms. The van der Waals surface area contributed by atoms with Gasteiger partial charge in [0.25, 0.3) is 0 Å². The minimum atomic E-state index is 0.330. The highest BCUT2D eigenvalue weighted by Crippen LogP contribution is 2.37. The lowest BCUT2D eigenvalue weighted by atomic mass is 10.0. The van der Waals surface area contributed by atoms with Gasteiger partial charge in [-0.25, -0.2) is 4.68 Å². The van der Waals surface area contributed by atoms with E-state index in [4.69, 9.17) is 16.9 Å². The number of halogens is 1. The predicted octanol–water partition coefficient (Wildman–Crippen LogP) is 3.93. The molecule has 1 aromatic heterocycles. The van der Waals surface area contributed by atoms with E-state index in [0.717, 1.165) is 24.2 Å². The van der Waals surface area contributed by atoms with Crippen molar-refractivity contribution in [3.63, 3.8) is 0 Å². The van der Waals surface area contributed by atoms with Gasteiger partial charge in [-0.2, -0.15) is 15.6 Å². The van der Waals surface area contributed by atoms with Gasteiger partial charge >= 0.3 is 0 Å². The minimum absolute atomic E-state index is 0.330. The lowest BCUT2D eigenvalue weighted by Crippen LogP contribution is -1.99. The van der Waals surface area contributed by atoms with E-state index in [0.29, 0.717) is 22.2 Å². The Bertz CT molecular complexity index is 740. The summed E-state index contributed by atoms with van der Waals surface area (Å²) >= 11 is 6.33. The lowest BCUT2D eigenvalue weighted by molar-refractivity contribution is 0.677. The zero-order valence-electron chi connectivity index (χ0n) is 11.4. The van der Waals surface area contributed by atoms with Gasteiger partial charge in [0.15, 0.2) is 5.15 Å². The van der Waals surface area contributed by atoms with Crippen molar-refractivity contribution >= 4 is 11.6 Å². The third kappa shape index (κ3) is 2.39. The van der Waals surface area contributed by atoms with Crippen LogP contribution in [0.15, 0.2) is 24.3 Å². The van der Waals surface area contributed by atoms with Crippen LogP contribution in [0.5, 0.6) is 0 Å². The van der Waals surface area contributed by atoms with Crippen molar-refractivity contribution < 1.29 is 0 Å². The Morgan fingerprint density at radius 2 is 1.76 bits per heavy atom. The van der Waals surface area contributed by atoms with E-state index in [1.165, 1.54) is 12.8 Å². The fourth-order valence-electron chi connectivity index (χ4n) is 2.85. The molecule has 1 aromatic carbocycles. The highest BCUT2D eigenvalue weighted by molar-refractivity contribution is 6.31. The molecule has 2 aromatic rings. The predicted molar refractivity (Wildman–Crippen MR) is 79.2 cm³/mol. The number of hydrogen-bond acceptors (Lipinski definition) is 3. The van der Waals surface area contributed by atoms with Crippen LogP contribution in [-0.4, -0.2) is 9.78 Å². The first-order valence-corrected chi connectivity index (χ1v) is 7.31. The van der Waals surface area contributed by atoms with Crippen molar-refractivity contribution in [2.45, 2.75) is 31.6 Å². The monoisotopic (exact) mass is 296 g/mol. The first-order chi connectivity index (χ1) is 10.2. The smallest absolute Gasteiger partial charge is 0.150 e. The fraction of sp³-hybridized carbons (Fsp3) is 0.312. The Balaban J connectivity index is 2.06. The topological polar surface area (TPSA) is 65.4 Å². The SMILES string of the molecule is N#Cc1ccc(-n2nc(C3CCCC3)c(C#N)c2Cl)cc1. The molecule has 1 aliphatic rings. The number of hydrogen-bond donors (Lipinski definition) is 0. The molecule has 0 atom stereocenters. The van der Waals surface area contributed by atoms with Crippen LogP contribution >= 0.6 is 11.6 Å². The maximum absolute atomic E-state index is 9.37. The molecule has 0 N–H and O–H groups in total. The number of rotatable bonds is 2. The van der Waals surface area contributed by atoms with Crippen molar-refractivity contribution in [1.82, 2.24) is 9.78 Å². The molecule has 0 aliphatic heterocycles. The van der Waals surface area contributed by atoms with Crippen LogP contribution in [0, 0.1) is 22.7 Å². The molecule has 1 saturated carbocycles. The third-order valence-electron chi connectivity index (χ3n) is 3.95. The van der Waals surface area contributed by atoms with E-state index in [1.54, 1.807) is 28.9 Å². The first kappa shape index (κ1) is 13.7. The van der Waals surface area contributed by atoms with Crippen LogP contribution in [0.4, 0.5) is 0 Å². The summed E-state index contributed by atoms with van der Waals surface area (Å²) in [5, 5.41) is 23.1. The van der Waals surface area contributed by atoms with Gasteiger partial charge in [0.2, 0.25) is 0 Å². The highest BCUT2D eigenvalue weighted by Gasteiger charge is 2.26.